The molecular formula is C20H24IN5. The lowest BCUT2D eigenvalue weighted by Crippen LogP contribution is -2.22. The number of nitrogens with zero attached hydrogens (tertiary/aromatic N) is 3. The molecule has 1 heterocycles. The number of guanidine groups is 1. The summed E-state index contributed by atoms with van der Waals surface area (Å²) in [5, 5.41) is 3.14. The molecule has 0 amide bonds. The third kappa shape index (κ3) is 5.59. The normalized spacial score (nSPS) is 11.1. The first-order chi connectivity index (χ1) is 12.1. The summed E-state index contributed by atoms with van der Waals surface area (Å²) in [5.41, 5.74) is 11.8. The molecule has 136 valence electrons. The number of hydrogen-bond donors (Lipinski definition) is 2. The number of benzene rings is 2. The molecule has 2 aromatic carbocycles. The molecule has 0 aliphatic carbocycles. The van der Waals surface area contributed by atoms with Crippen molar-refractivity contribution in [3.63, 3.8) is 0 Å². The molecule has 5 nitrogen and oxygen atoms in total. The second kappa shape index (κ2) is 9.38. The van der Waals surface area contributed by atoms with Crippen molar-refractivity contribution in [3.05, 3.63) is 83.4 Å². The summed E-state index contributed by atoms with van der Waals surface area (Å²) >= 11 is 0. The molecule has 0 fully saturated rings. The van der Waals surface area contributed by atoms with Gasteiger partial charge in [-0.15, -0.1) is 24.0 Å². The molecule has 0 atom stereocenters. The van der Waals surface area contributed by atoms with Crippen molar-refractivity contribution in [2.45, 2.75) is 26.9 Å². The third-order valence-corrected chi connectivity index (χ3v) is 4.16. The molecule has 6 heteroatoms. The van der Waals surface area contributed by atoms with E-state index in [9.17, 15) is 0 Å². The van der Waals surface area contributed by atoms with Crippen LogP contribution in [0.4, 0.5) is 5.69 Å². The van der Waals surface area contributed by atoms with Crippen LogP contribution in [-0.2, 0) is 13.1 Å². The van der Waals surface area contributed by atoms with Crippen LogP contribution in [0.3, 0.4) is 0 Å². The van der Waals surface area contributed by atoms with Gasteiger partial charge in [-0.05, 0) is 48.2 Å². The van der Waals surface area contributed by atoms with E-state index in [1.807, 2.05) is 23.2 Å². The van der Waals surface area contributed by atoms with Gasteiger partial charge in [0.25, 0.3) is 0 Å². The molecule has 3 aromatic rings. The first-order valence-electron chi connectivity index (χ1n) is 8.28. The Bertz CT molecular complexity index is 854. The Morgan fingerprint density at radius 1 is 1.08 bits per heavy atom. The summed E-state index contributed by atoms with van der Waals surface area (Å²) in [5.74, 6) is 0.422. The molecule has 0 aliphatic heterocycles. The Morgan fingerprint density at radius 2 is 1.81 bits per heavy atom. The van der Waals surface area contributed by atoms with Gasteiger partial charge in [0.1, 0.15) is 0 Å². The Morgan fingerprint density at radius 3 is 2.46 bits per heavy atom. The van der Waals surface area contributed by atoms with E-state index in [1.54, 1.807) is 6.20 Å². The number of aliphatic imine (C=N–C) groups is 1. The van der Waals surface area contributed by atoms with Gasteiger partial charge in [0, 0.05) is 24.6 Å². The minimum absolute atomic E-state index is 0. The molecule has 0 radical (unpaired) electrons. The van der Waals surface area contributed by atoms with Crippen LogP contribution in [-0.4, -0.2) is 15.5 Å². The Kier molecular flexibility index (Phi) is 7.20. The zero-order valence-electron chi connectivity index (χ0n) is 15.0. The Balaban J connectivity index is 0.00000243. The quantitative estimate of drug-likeness (QED) is 0.342. The summed E-state index contributed by atoms with van der Waals surface area (Å²) in [6, 6.07) is 14.5. The monoisotopic (exact) mass is 461 g/mol. The van der Waals surface area contributed by atoms with Gasteiger partial charge in [0.05, 0.1) is 12.9 Å². The average Bonchev–Trinajstić information content (AvgIpc) is 3.11. The van der Waals surface area contributed by atoms with Gasteiger partial charge in [-0.25, -0.2) is 9.98 Å². The number of rotatable bonds is 5. The van der Waals surface area contributed by atoms with Gasteiger partial charge in [-0.2, -0.15) is 0 Å². The van der Waals surface area contributed by atoms with E-state index in [0.29, 0.717) is 12.5 Å². The van der Waals surface area contributed by atoms with Gasteiger partial charge in [-0.1, -0.05) is 30.3 Å². The van der Waals surface area contributed by atoms with Gasteiger partial charge < -0.3 is 15.6 Å². The summed E-state index contributed by atoms with van der Waals surface area (Å²) in [6.45, 7) is 5.54. The highest BCUT2D eigenvalue weighted by atomic mass is 127. The van der Waals surface area contributed by atoms with Crippen LogP contribution in [0, 0.1) is 13.8 Å². The number of halogens is 1. The third-order valence-electron chi connectivity index (χ3n) is 4.16. The molecule has 3 rings (SSSR count). The number of imidazole rings is 1. The second-order valence-corrected chi connectivity index (χ2v) is 6.18. The summed E-state index contributed by atoms with van der Waals surface area (Å²) in [4.78, 5) is 8.47. The molecule has 3 N–H and O–H groups in total. The molecule has 0 spiro atoms. The average molecular weight is 461 g/mol. The van der Waals surface area contributed by atoms with E-state index < -0.39 is 0 Å². The van der Waals surface area contributed by atoms with Crippen LogP contribution in [0.25, 0.3) is 0 Å². The van der Waals surface area contributed by atoms with E-state index in [4.69, 9.17) is 5.73 Å². The van der Waals surface area contributed by atoms with E-state index in [0.717, 1.165) is 17.8 Å². The second-order valence-electron chi connectivity index (χ2n) is 6.18. The van der Waals surface area contributed by atoms with Crippen LogP contribution in [0.5, 0.6) is 0 Å². The minimum atomic E-state index is 0. The van der Waals surface area contributed by atoms with Crippen LogP contribution in [0.1, 0.15) is 22.3 Å². The Hall–Kier alpha value is -2.35. The molecular weight excluding hydrogens is 437 g/mol. The summed E-state index contributed by atoms with van der Waals surface area (Å²) in [6.07, 6.45) is 5.56. The van der Waals surface area contributed by atoms with Crippen molar-refractivity contribution in [1.82, 2.24) is 9.55 Å². The number of nitrogens with one attached hydrogen (secondary N) is 1. The first-order valence-corrected chi connectivity index (χ1v) is 8.28. The zero-order chi connectivity index (χ0) is 17.6. The fourth-order valence-electron chi connectivity index (χ4n) is 2.52. The zero-order valence-corrected chi connectivity index (χ0v) is 17.3. The predicted octanol–water partition coefficient (Wildman–Crippen LogP) is 4.09. The standard InChI is InChI=1S/C20H23N5.HI/c1-15-3-8-19(11-16(15)2)24-20(21)23-12-17-4-6-18(7-5-17)13-25-10-9-22-14-25;/h3-11,14H,12-13H2,1-2H3,(H3,21,23,24);1H. The topological polar surface area (TPSA) is 68.2 Å². The van der Waals surface area contributed by atoms with E-state index in [2.05, 4.69) is 65.5 Å². The van der Waals surface area contributed by atoms with Crippen LogP contribution < -0.4 is 11.1 Å². The lowest BCUT2D eigenvalue weighted by atomic mass is 10.1. The minimum Gasteiger partial charge on any atom is -0.370 e. The molecule has 0 bridgehead atoms. The van der Waals surface area contributed by atoms with Crippen LogP contribution >= 0.6 is 24.0 Å². The SMILES string of the molecule is Cc1ccc(NC(N)=NCc2ccc(Cn3ccnc3)cc2)cc1C.I. The fourth-order valence-corrected chi connectivity index (χ4v) is 2.52. The van der Waals surface area contributed by atoms with E-state index >= 15 is 0 Å². The molecule has 1 aromatic heterocycles. The van der Waals surface area contributed by atoms with Gasteiger partial charge in [0.2, 0.25) is 0 Å². The number of anilines is 1. The molecule has 0 unspecified atom stereocenters. The molecule has 0 aliphatic rings. The maximum absolute atomic E-state index is 5.99. The molecule has 0 saturated heterocycles. The lowest BCUT2D eigenvalue weighted by Gasteiger charge is -2.08. The van der Waals surface area contributed by atoms with Crippen LogP contribution in [0.2, 0.25) is 0 Å². The van der Waals surface area contributed by atoms with Crippen LogP contribution in [0.15, 0.2) is 66.2 Å². The van der Waals surface area contributed by atoms with Crippen molar-refractivity contribution in [2.24, 2.45) is 10.7 Å². The maximum atomic E-state index is 5.99. The highest BCUT2D eigenvalue weighted by Crippen LogP contribution is 2.14. The molecule has 0 saturated carbocycles. The number of aryl methyl sites for hydroxylation is 2. The van der Waals surface area contributed by atoms with Crippen molar-refractivity contribution in [1.29, 1.82) is 0 Å². The smallest absolute Gasteiger partial charge is 0.193 e. The Labute approximate surface area is 171 Å². The predicted molar refractivity (Wildman–Crippen MR) is 118 cm³/mol. The number of aromatic nitrogens is 2. The van der Waals surface area contributed by atoms with Crippen molar-refractivity contribution >= 4 is 35.6 Å². The highest BCUT2D eigenvalue weighted by Gasteiger charge is 1.99. The largest absolute Gasteiger partial charge is 0.370 e. The molecule has 26 heavy (non-hydrogen) atoms. The summed E-state index contributed by atoms with van der Waals surface area (Å²) < 4.78 is 2.04. The number of nitrogens with two attached hydrogens (primary N) is 1. The fraction of sp³-hybridized carbons (Fsp3) is 0.200. The number of hydrogen-bond acceptors (Lipinski definition) is 2. The highest BCUT2D eigenvalue weighted by molar-refractivity contribution is 14.0. The van der Waals surface area contributed by atoms with Gasteiger partial charge in [-0.3, -0.25) is 0 Å². The van der Waals surface area contributed by atoms with Gasteiger partial charge in [0.15, 0.2) is 5.96 Å². The van der Waals surface area contributed by atoms with E-state index in [1.165, 1.54) is 16.7 Å². The van der Waals surface area contributed by atoms with Crippen molar-refractivity contribution in [2.75, 3.05) is 5.32 Å². The first kappa shape index (κ1) is 20.0. The van der Waals surface area contributed by atoms with Crippen molar-refractivity contribution in [3.8, 4) is 0 Å². The van der Waals surface area contributed by atoms with E-state index in [-0.39, 0.29) is 24.0 Å². The van der Waals surface area contributed by atoms with Crippen molar-refractivity contribution < 1.29 is 0 Å². The lowest BCUT2D eigenvalue weighted by molar-refractivity contribution is 0.796. The summed E-state index contributed by atoms with van der Waals surface area (Å²) in [7, 11) is 0. The maximum Gasteiger partial charge on any atom is 0.193 e. The van der Waals surface area contributed by atoms with Gasteiger partial charge >= 0.3 is 0 Å².